The Bertz CT molecular complexity index is 803. The number of rotatable bonds is 6. The molecular formula is C15H16N6O4. The number of hydrogen-bond acceptors (Lipinski definition) is 7. The number of non-ortho nitro benzene ring substituents is 1. The first-order chi connectivity index (χ1) is 11.8. The van der Waals surface area contributed by atoms with E-state index in [0.717, 1.165) is 17.5 Å². The van der Waals surface area contributed by atoms with Gasteiger partial charge in [-0.1, -0.05) is 6.07 Å². The van der Waals surface area contributed by atoms with Crippen molar-refractivity contribution in [1.29, 1.82) is 0 Å². The standard InChI is InChI=1S/C15H16N6O4/c1-9-6-10(2)18-15(17-9)20-19-13(22)8-16-14(23)11-4-3-5-12(7-11)21(24)25/h3-7H,8H2,1-2H3,(H,16,23)(H,19,22)(H,17,18,20). The number of aryl methyl sites for hydroxylation is 2. The molecule has 130 valence electrons. The number of amides is 2. The van der Waals surface area contributed by atoms with Crippen LogP contribution in [-0.2, 0) is 4.79 Å². The van der Waals surface area contributed by atoms with Crippen molar-refractivity contribution in [1.82, 2.24) is 20.7 Å². The number of nitrogens with one attached hydrogen (secondary N) is 3. The number of nitrogens with zero attached hydrogens (tertiary/aromatic N) is 3. The zero-order chi connectivity index (χ0) is 18.4. The van der Waals surface area contributed by atoms with Gasteiger partial charge in [0.1, 0.15) is 0 Å². The van der Waals surface area contributed by atoms with Gasteiger partial charge < -0.3 is 5.32 Å². The van der Waals surface area contributed by atoms with Crippen LogP contribution in [0, 0.1) is 24.0 Å². The molecule has 2 rings (SSSR count). The minimum Gasteiger partial charge on any atom is -0.343 e. The number of hydrogen-bond donors (Lipinski definition) is 3. The van der Waals surface area contributed by atoms with Gasteiger partial charge in [0, 0.05) is 29.1 Å². The Morgan fingerprint density at radius 1 is 1.16 bits per heavy atom. The van der Waals surface area contributed by atoms with Crippen LogP contribution in [0.25, 0.3) is 0 Å². The molecule has 0 atom stereocenters. The van der Waals surface area contributed by atoms with Gasteiger partial charge in [-0.3, -0.25) is 30.6 Å². The van der Waals surface area contributed by atoms with Crippen molar-refractivity contribution in [3.05, 3.63) is 57.4 Å². The summed E-state index contributed by atoms with van der Waals surface area (Å²) in [5.41, 5.74) is 6.27. The topological polar surface area (TPSA) is 139 Å². The van der Waals surface area contributed by atoms with E-state index in [2.05, 4.69) is 26.1 Å². The van der Waals surface area contributed by atoms with Crippen molar-refractivity contribution in [2.75, 3.05) is 12.0 Å². The molecule has 0 fully saturated rings. The Hall–Kier alpha value is -3.56. The molecule has 1 aromatic carbocycles. The van der Waals surface area contributed by atoms with Gasteiger partial charge in [0.05, 0.1) is 11.5 Å². The summed E-state index contributed by atoms with van der Waals surface area (Å²) >= 11 is 0. The van der Waals surface area contributed by atoms with Crippen molar-refractivity contribution >= 4 is 23.5 Å². The summed E-state index contributed by atoms with van der Waals surface area (Å²) in [6.07, 6.45) is 0. The summed E-state index contributed by atoms with van der Waals surface area (Å²) < 4.78 is 0. The molecule has 2 aromatic rings. The van der Waals surface area contributed by atoms with E-state index < -0.39 is 16.7 Å². The van der Waals surface area contributed by atoms with Crippen LogP contribution in [0.5, 0.6) is 0 Å². The first-order valence-corrected chi connectivity index (χ1v) is 7.25. The summed E-state index contributed by atoms with van der Waals surface area (Å²) in [7, 11) is 0. The monoisotopic (exact) mass is 344 g/mol. The second kappa shape index (κ2) is 7.81. The molecule has 0 saturated carbocycles. The second-order valence-electron chi connectivity index (χ2n) is 5.14. The first-order valence-electron chi connectivity index (χ1n) is 7.25. The SMILES string of the molecule is Cc1cc(C)nc(NNC(=O)CNC(=O)c2cccc([N+](=O)[O-])c2)n1. The van der Waals surface area contributed by atoms with Crippen LogP contribution in [0.2, 0.25) is 0 Å². The minimum atomic E-state index is -0.600. The Labute approximate surface area is 142 Å². The van der Waals surface area contributed by atoms with Gasteiger partial charge in [0.15, 0.2) is 0 Å². The molecule has 0 bridgehead atoms. The molecule has 0 radical (unpaired) electrons. The highest BCUT2D eigenvalue weighted by molar-refractivity contribution is 5.97. The number of carbonyl (C=O) groups is 2. The number of hydrazine groups is 1. The van der Waals surface area contributed by atoms with Crippen LogP contribution in [0.4, 0.5) is 11.6 Å². The molecule has 1 heterocycles. The fourth-order valence-corrected chi connectivity index (χ4v) is 1.97. The molecule has 0 unspecified atom stereocenters. The quantitative estimate of drug-likeness (QED) is 0.522. The van der Waals surface area contributed by atoms with Gasteiger partial charge in [0.2, 0.25) is 5.95 Å². The predicted molar refractivity (Wildman–Crippen MR) is 88.7 cm³/mol. The normalized spacial score (nSPS) is 10.0. The van der Waals surface area contributed by atoms with Crippen molar-refractivity contribution < 1.29 is 14.5 Å². The van der Waals surface area contributed by atoms with E-state index in [0.29, 0.717) is 0 Å². The summed E-state index contributed by atoms with van der Waals surface area (Å²) in [6.45, 7) is 3.27. The number of aromatic nitrogens is 2. The van der Waals surface area contributed by atoms with Crippen LogP contribution < -0.4 is 16.2 Å². The highest BCUT2D eigenvalue weighted by Crippen LogP contribution is 2.12. The van der Waals surface area contributed by atoms with Gasteiger partial charge in [-0.25, -0.2) is 9.97 Å². The van der Waals surface area contributed by atoms with Crippen LogP contribution in [0.3, 0.4) is 0 Å². The zero-order valence-corrected chi connectivity index (χ0v) is 13.6. The number of anilines is 1. The molecule has 1 aromatic heterocycles. The number of nitro benzene ring substituents is 1. The molecule has 0 aliphatic heterocycles. The Morgan fingerprint density at radius 2 is 1.84 bits per heavy atom. The highest BCUT2D eigenvalue weighted by atomic mass is 16.6. The van der Waals surface area contributed by atoms with Crippen molar-refractivity contribution in [2.24, 2.45) is 0 Å². The van der Waals surface area contributed by atoms with Gasteiger partial charge in [-0.15, -0.1) is 0 Å². The van der Waals surface area contributed by atoms with Crippen LogP contribution in [-0.4, -0.2) is 33.3 Å². The fraction of sp³-hybridized carbons (Fsp3) is 0.200. The average molecular weight is 344 g/mol. The van der Waals surface area contributed by atoms with Gasteiger partial charge in [-0.2, -0.15) is 0 Å². The molecule has 3 N–H and O–H groups in total. The van der Waals surface area contributed by atoms with Gasteiger partial charge in [0.25, 0.3) is 17.5 Å². The summed E-state index contributed by atoms with van der Waals surface area (Å²) in [5.74, 6) is -0.890. The zero-order valence-electron chi connectivity index (χ0n) is 13.6. The van der Waals surface area contributed by atoms with Crippen molar-refractivity contribution in [3.8, 4) is 0 Å². The Morgan fingerprint density at radius 3 is 2.48 bits per heavy atom. The third-order valence-electron chi connectivity index (χ3n) is 3.02. The lowest BCUT2D eigenvalue weighted by Gasteiger charge is -2.09. The average Bonchev–Trinajstić information content (AvgIpc) is 2.57. The largest absolute Gasteiger partial charge is 0.343 e. The molecule has 10 heteroatoms. The third kappa shape index (κ3) is 5.23. The summed E-state index contributed by atoms with van der Waals surface area (Å²) in [5, 5.41) is 13.1. The summed E-state index contributed by atoms with van der Waals surface area (Å²) in [6, 6.07) is 7.01. The van der Waals surface area contributed by atoms with E-state index in [1.165, 1.54) is 18.2 Å². The second-order valence-corrected chi connectivity index (χ2v) is 5.14. The van der Waals surface area contributed by atoms with E-state index >= 15 is 0 Å². The number of benzene rings is 1. The van der Waals surface area contributed by atoms with E-state index in [1.54, 1.807) is 19.9 Å². The molecule has 10 nitrogen and oxygen atoms in total. The number of carbonyl (C=O) groups excluding carboxylic acids is 2. The highest BCUT2D eigenvalue weighted by Gasteiger charge is 2.12. The predicted octanol–water partition coefficient (Wildman–Crippen LogP) is 0.875. The molecule has 25 heavy (non-hydrogen) atoms. The van der Waals surface area contributed by atoms with Crippen LogP contribution >= 0.6 is 0 Å². The lowest BCUT2D eigenvalue weighted by Crippen LogP contribution is -2.39. The third-order valence-corrected chi connectivity index (χ3v) is 3.02. The van der Waals surface area contributed by atoms with Gasteiger partial charge >= 0.3 is 0 Å². The molecule has 2 amide bonds. The molecule has 0 saturated heterocycles. The van der Waals surface area contributed by atoms with E-state index in [9.17, 15) is 19.7 Å². The molecule has 0 aliphatic carbocycles. The lowest BCUT2D eigenvalue weighted by molar-refractivity contribution is -0.384. The maximum absolute atomic E-state index is 11.9. The maximum Gasteiger partial charge on any atom is 0.270 e. The van der Waals surface area contributed by atoms with Crippen LogP contribution in [0.1, 0.15) is 21.7 Å². The molecule has 0 aliphatic rings. The van der Waals surface area contributed by atoms with E-state index in [4.69, 9.17) is 0 Å². The maximum atomic E-state index is 11.9. The van der Waals surface area contributed by atoms with E-state index in [-0.39, 0.29) is 23.7 Å². The molecule has 0 spiro atoms. The smallest absolute Gasteiger partial charge is 0.270 e. The molecular weight excluding hydrogens is 328 g/mol. The van der Waals surface area contributed by atoms with Crippen molar-refractivity contribution in [2.45, 2.75) is 13.8 Å². The summed E-state index contributed by atoms with van der Waals surface area (Å²) in [4.78, 5) is 41.9. The first kappa shape index (κ1) is 17.8. The minimum absolute atomic E-state index is 0.0904. The Balaban J connectivity index is 1.86. The van der Waals surface area contributed by atoms with Gasteiger partial charge in [-0.05, 0) is 26.0 Å². The Kier molecular flexibility index (Phi) is 5.56. The fourth-order valence-electron chi connectivity index (χ4n) is 1.97. The van der Waals surface area contributed by atoms with E-state index in [1.807, 2.05) is 0 Å². The number of nitro groups is 1. The van der Waals surface area contributed by atoms with Crippen LogP contribution in [0.15, 0.2) is 30.3 Å². The van der Waals surface area contributed by atoms with Crippen molar-refractivity contribution in [3.63, 3.8) is 0 Å². The lowest BCUT2D eigenvalue weighted by atomic mass is 10.2.